The zero-order chi connectivity index (χ0) is 14.8. The molecule has 0 amide bonds. The van der Waals surface area contributed by atoms with Crippen LogP contribution in [0.15, 0.2) is 22.7 Å². The third-order valence-corrected chi connectivity index (χ3v) is 4.94. The number of nitrogens with zero attached hydrogens (tertiary/aromatic N) is 1. The van der Waals surface area contributed by atoms with Crippen LogP contribution in [0.3, 0.4) is 0 Å². The Hall–Kier alpha value is -0.450. The number of nitrogens with one attached hydrogen (secondary N) is 1. The molecule has 0 aromatic heterocycles. The molecule has 112 valence electrons. The predicted octanol–water partition coefficient (Wildman–Crippen LogP) is 3.94. The van der Waals surface area contributed by atoms with E-state index in [1.54, 1.807) is 12.1 Å². The van der Waals surface area contributed by atoms with Crippen LogP contribution in [0, 0.1) is 5.82 Å². The molecule has 0 saturated carbocycles. The van der Waals surface area contributed by atoms with Gasteiger partial charge in [-0.3, -0.25) is 4.90 Å². The van der Waals surface area contributed by atoms with Gasteiger partial charge in [-0.25, -0.2) is 4.39 Å². The smallest absolute Gasteiger partial charge is 0.127 e. The molecule has 2 rings (SSSR count). The largest absolute Gasteiger partial charge is 0.310 e. The summed E-state index contributed by atoms with van der Waals surface area (Å²) in [4.78, 5) is 2.40. The highest BCUT2D eigenvalue weighted by molar-refractivity contribution is 9.10. The first-order valence-electron chi connectivity index (χ1n) is 7.36. The molecule has 0 radical (unpaired) electrons. The second-order valence-electron chi connectivity index (χ2n) is 6.12. The number of rotatable bonds is 3. The van der Waals surface area contributed by atoms with E-state index >= 15 is 0 Å². The second kappa shape index (κ2) is 6.54. The first-order chi connectivity index (χ1) is 9.43. The summed E-state index contributed by atoms with van der Waals surface area (Å²) < 4.78 is 14.9. The molecule has 0 spiro atoms. The molecular weight excluding hydrogens is 319 g/mol. The van der Waals surface area contributed by atoms with Gasteiger partial charge in [0.25, 0.3) is 0 Å². The quantitative estimate of drug-likeness (QED) is 0.894. The van der Waals surface area contributed by atoms with Gasteiger partial charge in [-0.15, -0.1) is 0 Å². The maximum atomic E-state index is 14.0. The highest BCUT2D eigenvalue weighted by Gasteiger charge is 2.30. The van der Waals surface area contributed by atoms with E-state index in [0.717, 1.165) is 36.0 Å². The zero-order valence-corrected chi connectivity index (χ0v) is 14.1. The average molecular weight is 343 g/mol. The predicted molar refractivity (Wildman–Crippen MR) is 85.3 cm³/mol. The van der Waals surface area contributed by atoms with Crippen LogP contribution in [0.5, 0.6) is 0 Å². The Labute approximate surface area is 129 Å². The van der Waals surface area contributed by atoms with E-state index in [-0.39, 0.29) is 11.4 Å². The standard InChI is InChI=1S/C16H24BrFN2/c1-4-16(3)11-20(12(2)7-8-19-16)10-13-9-14(17)5-6-15(13)18/h5-6,9,12,19H,4,7-8,10-11H2,1-3H3. The van der Waals surface area contributed by atoms with Crippen molar-refractivity contribution < 1.29 is 4.39 Å². The van der Waals surface area contributed by atoms with Crippen LogP contribution in [0.4, 0.5) is 4.39 Å². The normalized spacial score (nSPS) is 28.4. The third-order valence-electron chi connectivity index (χ3n) is 4.45. The van der Waals surface area contributed by atoms with E-state index in [2.05, 4.69) is 46.9 Å². The fourth-order valence-electron chi connectivity index (χ4n) is 2.76. The average Bonchev–Trinajstić information content (AvgIpc) is 2.55. The second-order valence-corrected chi connectivity index (χ2v) is 7.04. The molecule has 1 aromatic carbocycles. The summed E-state index contributed by atoms with van der Waals surface area (Å²) in [5.41, 5.74) is 0.888. The van der Waals surface area contributed by atoms with Gasteiger partial charge in [0.15, 0.2) is 0 Å². The highest BCUT2D eigenvalue weighted by Crippen LogP contribution is 2.23. The Kier molecular flexibility index (Phi) is 5.21. The van der Waals surface area contributed by atoms with Gasteiger partial charge in [-0.05, 0) is 51.4 Å². The van der Waals surface area contributed by atoms with Crippen LogP contribution in [-0.4, -0.2) is 29.6 Å². The molecular formula is C16H24BrFN2. The SMILES string of the molecule is CCC1(C)CN(Cc2cc(Br)ccc2F)C(C)CCN1. The van der Waals surface area contributed by atoms with E-state index in [1.807, 2.05) is 6.07 Å². The highest BCUT2D eigenvalue weighted by atomic mass is 79.9. The van der Waals surface area contributed by atoms with Crippen molar-refractivity contribution in [1.29, 1.82) is 0 Å². The first-order valence-corrected chi connectivity index (χ1v) is 8.16. The van der Waals surface area contributed by atoms with E-state index in [1.165, 1.54) is 0 Å². The summed E-state index contributed by atoms with van der Waals surface area (Å²) >= 11 is 3.43. The Bertz CT molecular complexity index is 466. The van der Waals surface area contributed by atoms with Gasteiger partial charge in [0.1, 0.15) is 5.82 Å². The van der Waals surface area contributed by atoms with Crippen molar-refractivity contribution in [2.45, 2.75) is 51.7 Å². The fourth-order valence-corrected chi connectivity index (χ4v) is 3.17. The number of hydrogen-bond acceptors (Lipinski definition) is 2. The molecule has 4 heteroatoms. The minimum absolute atomic E-state index is 0.115. The van der Waals surface area contributed by atoms with Gasteiger partial charge in [-0.1, -0.05) is 22.9 Å². The topological polar surface area (TPSA) is 15.3 Å². The first kappa shape index (κ1) is 15.9. The molecule has 1 aliphatic rings. The van der Waals surface area contributed by atoms with Crippen LogP contribution >= 0.6 is 15.9 Å². The van der Waals surface area contributed by atoms with Gasteiger partial charge < -0.3 is 5.32 Å². The maximum absolute atomic E-state index is 14.0. The number of hydrogen-bond donors (Lipinski definition) is 1. The summed E-state index contributed by atoms with van der Waals surface area (Å²) in [5, 5.41) is 3.64. The molecule has 0 bridgehead atoms. The summed E-state index contributed by atoms with van der Waals surface area (Å²) in [6, 6.07) is 5.65. The maximum Gasteiger partial charge on any atom is 0.127 e. The minimum atomic E-state index is -0.115. The van der Waals surface area contributed by atoms with Crippen molar-refractivity contribution in [2.24, 2.45) is 0 Å². The molecule has 2 nitrogen and oxygen atoms in total. The van der Waals surface area contributed by atoms with E-state index in [9.17, 15) is 4.39 Å². The molecule has 1 saturated heterocycles. The van der Waals surface area contributed by atoms with Crippen LogP contribution in [0.25, 0.3) is 0 Å². The van der Waals surface area contributed by atoms with Crippen molar-refractivity contribution in [3.63, 3.8) is 0 Å². The molecule has 2 atom stereocenters. The lowest BCUT2D eigenvalue weighted by atomic mass is 9.98. The van der Waals surface area contributed by atoms with Crippen molar-refractivity contribution in [3.05, 3.63) is 34.1 Å². The molecule has 2 unspecified atom stereocenters. The van der Waals surface area contributed by atoms with Crippen LogP contribution in [-0.2, 0) is 6.54 Å². The molecule has 1 heterocycles. The minimum Gasteiger partial charge on any atom is -0.310 e. The lowest BCUT2D eigenvalue weighted by Gasteiger charge is -2.35. The monoisotopic (exact) mass is 342 g/mol. The van der Waals surface area contributed by atoms with Gasteiger partial charge >= 0.3 is 0 Å². The molecule has 0 aliphatic carbocycles. The van der Waals surface area contributed by atoms with Crippen LogP contribution in [0.2, 0.25) is 0 Å². The lowest BCUT2D eigenvalue weighted by molar-refractivity contribution is 0.162. The Balaban J connectivity index is 2.18. The Morgan fingerprint density at radius 1 is 1.50 bits per heavy atom. The van der Waals surface area contributed by atoms with Crippen molar-refractivity contribution in [1.82, 2.24) is 10.2 Å². The Morgan fingerprint density at radius 2 is 2.25 bits per heavy atom. The van der Waals surface area contributed by atoms with Gasteiger partial charge in [-0.2, -0.15) is 0 Å². The Morgan fingerprint density at radius 3 is 2.95 bits per heavy atom. The van der Waals surface area contributed by atoms with Crippen molar-refractivity contribution in [2.75, 3.05) is 13.1 Å². The third kappa shape index (κ3) is 3.80. The number of halogens is 2. The molecule has 1 aliphatic heterocycles. The van der Waals surface area contributed by atoms with Gasteiger partial charge in [0, 0.05) is 34.7 Å². The molecule has 1 N–H and O–H groups in total. The lowest BCUT2D eigenvalue weighted by Crippen LogP contribution is -2.49. The van der Waals surface area contributed by atoms with Crippen LogP contribution in [0.1, 0.15) is 39.2 Å². The summed E-state index contributed by atoms with van der Waals surface area (Å²) in [5.74, 6) is -0.115. The van der Waals surface area contributed by atoms with Crippen LogP contribution < -0.4 is 5.32 Å². The van der Waals surface area contributed by atoms with E-state index < -0.39 is 0 Å². The van der Waals surface area contributed by atoms with E-state index in [4.69, 9.17) is 0 Å². The summed E-state index contributed by atoms with van der Waals surface area (Å²) in [7, 11) is 0. The number of benzene rings is 1. The van der Waals surface area contributed by atoms with Gasteiger partial charge in [0.05, 0.1) is 0 Å². The molecule has 1 fully saturated rings. The van der Waals surface area contributed by atoms with E-state index in [0.29, 0.717) is 12.6 Å². The van der Waals surface area contributed by atoms with Crippen molar-refractivity contribution in [3.8, 4) is 0 Å². The van der Waals surface area contributed by atoms with Gasteiger partial charge in [0.2, 0.25) is 0 Å². The fraction of sp³-hybridized carbons (Fsp3) is 0.625. The summed E-state index contributed by atoms with van der Waals surface area (Å²) in [6.07, 6.45) is 2.18. The zero-order valence-electron chi connectivity index (χ0n) is 12.5. The van der Waals surface area contributed by atoms with Crippen molar-refractivity contribution >= 4 is 15.9 Å². The molecule has 1 aromatic rings. The molecule has 20 heavy (non-hydrogen) atoms. The summed E-state index contributed by atoms with van der Waals surface area (Å²) in [6.45, 7) is 9.36.